The standard InChI is InChI=1S/C32H47N3O6S/c1-20(2)18-40-27(17-26(21(3)4)35(9)31(39)41-32(6,7)8)29-34-25(19-42-29)28(36)33-24(15-22(5)30(37)38)16-23-13-11-10-12-14-23/h10-14,19,21-22,24,26-27H,1,15-18H2,2-9H3,(H,33,36)(H,37,38)/t22?,24?,26-,27-/m1/s1. The summed E-state index contributed by atoms with van der Waals surface area (Å²) in [6, 6.07) is 9.04. The Hall–Kier alpha value is -3.24. The summed E-state index contributed by atoms with van der Waals surface area (Å²) in [5.41, 5.74) is 1.46. The first-order valence-corrected chi connectivity index (χ1v) is 15.2. The van der Waals surface area contributed by atoms with Crippen molar-refractivity contribution in [2.75, 3.05) is 13.7 Å². The first kappa shape index (κ1) is 35.0. The van der Waals surface area contributed by atoms with Crippen LogP contribution in [0.5, 0.6) is 0 Å². The molecule has 0 spiro atoms. The van der Waals surface area contributed by atoms with Gasteiger partial charge in [0.25, 0.3) is 5.91 Å². The van der Waals surface area contributed by atoms with Crippen LogP contribution < -0.4 is 5.32 Å². The van der Waals surface area contributed by atoms with Gasteiger partial charge in [0.05, 0.1) is 12.5 Å². The molecule has 2 amide bonds. The van der Waals surface area contributed by atoms with Crippen LogP contribution in [0.15, 0.2) is 47.9 Å². The predicted octanol–water partition coefficient (Wildman–Crippen LogP) is 6.51. The molecule has 42 heavy (non-hydrogen) atoms. The zero-order chi connectivity index (χ0) is 31.6. The highest BCUT2D eigenvalue weighted by Gasteiger charge is 2.32. The summed E-state index contributed by atoms with van der Waals surface area (Å²) < 4.78 is 11.8. The van der Waals surface area contributed by atoms with Gasteiger partial charge >= 0.3 is 12.1 Å². The molecule has 2 aromatic rings. The van der Waals surface area contributed by atoms with Crippen LogP contribution in [0, 0.1) is 11.8 Å². The first-order chi connectivity index (χ1) is 19.6. The average molecular weight is 602 g/mol. The van der Waals surface area contributed by atoms with E-state index in [-0.39, 0.29) is 36.0 Å². The SMILES string of the molecule is C=C(C)CO[C@H](C[C@H](C(C)C)N(C)C(=O)OC(C)(C)C)c1nc(C(=O)NC(Cc2ccccc2)CC(C)C(=O)O)cs1. The number of thiazole rings is 1. The smallest absolute Gasteiger partial charge is 0.410 e. The van der Waals surface area contributed by atoms with Gasteiger partial charge in [-0.05, 0) is 52.0 Å². The quantitative estimate of drug-likeness (QED) is 0.223. The Morgan fingerprint density at radius 1 is 1.12 bits per heavy atom. The number of carboxylic acids is 1. The number of rotatable bonds is 15. The number of carbonyl (C=O) groups is 3. The Morgan fingerprint density at radius 3 is 2.31 bits per heavy atom. The third-order valence-electron chi connectivity index (χ3n) is 6.68. The monoisotopic (exact) mass is 601 g/mol. The molecule has 0 fully saturated rings. The molecule has 0 aliphatic heterocycles. The molecule has 2 unspecified atom stereocenters. The lowest BCUT2D eigenvalue weighted by Crippen LogP contribution is -2.44. The van der Waals surface area contributed by atoms with E-state index >= 15 is 0 Å². The molecule has 2 rings (SSSR count). The molecule has 0 radical (unpaired) electrons. The van der Waals surface area contributed by atoms with Crippen molar-refractivity contribution in [2.24, 2.45) is 11.8 Å². The summed E-state index contributed by atoms with van der Waals surface area (Å²) in [4.78, 5) is 44.0. The minimum Gasteiger partial charge on any atom is -0.481 e. The van der Waals surface area contributed by atoms with Gasteiger partial charge in [0, 0.05) is 30.9 Å². The highest BCUT2D eigenvalue weighted by atomic mass is 32.1. The summed E-state index contributed by atoms with van der Waals surface area (Å²) >= 11 is 1.32. The van der Waals surface area contributed by atoms with Gasteiger partial charge in [-0.1, -0.05) is 63.3 Å². The second kappa shape index (κ2) is 15.8. The molecule has 232 valence electrons. The number of amides is 2. The number of hydrogen-bond acceptors (Lipinski definition) is 7. The minimum absolute atomic E-state index is 0.0937. The number of carbonyl (C=O) groups excluding carboxylic acids is 2. The van der Waals surface area contributed by atoms with Gasteiger partial charge in [0.1, 0.15) is 22.4 Å². The Kier molecular flexibility index (Phi) is 13.2. The summed E-state index contributed by atoms with van der Waals surface area (Å²) in [5.74, 6) is -1.82. The Morgan fingerprint density at radius 2 is 1.76 bits per heavy atom. The fraction of sp³-hybridized carbons (Fsp3) is 0.562. The summed E-state index contributed by atoms with van der Waals surface area (Å²) in [6.07, 6.45) is 0.321. The first-order valence-electron chi connectivity index (χ1n) is 14.3. The number of hydrogen-bond donors (Lipinski definition) is 2. The zero-order valence-electron chi connectivity index (χ0n) is 26.2. The van der Waals surface area contributed by atoms with Crippen LogP contribution in [0.2, 0.25) is 0 Å². The number of nitrogens with zero attached hydrogens (tertiary/aromatic N) is 2. The maximum atomic E-state index is 13.3. The molecule has 1 heterocycles. The van der Waals surface area contributed by atoms with Crippen molar-refractivity contribution in [1.29, 1.82) is 0 Å². The number of nitrogens with one attached hydrogen (secondary N) is 1. The maximum absolute atomic E-state index is 13.3. The van der Waals surface area contributed by atoms with Gasteiger partial charge in [-0.25, -0.2) is 9.78 Å². The van der Waals surface area contributed by atoms with Gasteiger partial charge in [-0.2, -0.15) is 0 Å². The normalized spacial score (nSPS) is 14.5. The van der Waals surface area contributed by atoms with E-state index in [1.165, 1.54) is 11.3 Å². The highest BCUT2D eigenvalue weighted by molar-refractivity contribution is 7.09. The van der Waals surface area contributed by atoms with E-state index in [0.29, 0.717) is 24.5 Å². The number of aromatic nitrogens is 1. The maximum Gasteiger partial charge on any atom is 0.410 e. The lowest BCUT2D eigenvalue weighted by atomic mass is 9.96. The van der Waals surface area contributed by atoms with E-state index in [9.17, 15) is 19.5 Å². The predicted molar refractivity (Wildman–Crippen MR) is 166 cm³/mol. The van der Waals surface area contributed by atoms with E-state index in [1.54, 1.807) is 24.3 Å². The minimum atomic E-state index is -0.910. The molecule has 0 bridgehead atoms. The molecule has 4 atom stereocenters. The van der Waals surface area contributed by atoms with E-state index in [2.05, 4.69) is 16.9 Å². The van der Waals surface area contributed by atoms with Gasteiger partial charge < -0.3 is 24.8 Å². The molecule has 1 aromatic carbocycles. The van der Waals surface area contributed by atoms with Gasteiger partial charge in [0.15, 0.2) is 0 Å². The van der Waals surface area contributed by atoms with E-state index in [1.807, 2.05) is 71.9 Å². The zero-order valence-corrected chi connectivity index (χ0v) is 27.0. The fourth-order valence-corrected chi connectivity index (χ4v) is 5.33. The molecule has 0 aliphatic rings. The van der Waals surface area contributed by atoms with Crippen LogP contribution in [-0.2, 0) is 20.7 Å². The van der Waals surface area contributed by atoms with Crippen LogP contribution in [-0.4, -0.2) is 64.3 Å². The number of aliphatic carboxylic acids is 1. The topological polar surface area (TPSA) is 118 Å². The molecule has 0 saturated heterocycles. The lowest BCUT2D eigenvalue weighted by molar-refractivity contribution is -0.141. The molecular weight excluding hydrogens is 554 g/mol. The summed E-state index contributed by atoms with van der Waals surface area (Å²) in [7, 11) is 1.72. The highest BCUT2D eigenvalue weighted by Crippen LogP contribution is 2.31. The van der Waals surface area contributed by atoms with E-state index in [0.717, 1.165) is 11.1 Å². The molecule has 0 saturated carbocycles. The van der Waals surface area contributed by atoms with Crippen LogP contribution in [0.3, 0.4) is 0 Å². The van der Waals surface area contributed by atoms with Crippen molar-refractivity contribution >= 4 is 29.3 Å². The van der Waals surface area contributed by atoms with Crippen LogP contribution in [0.4, 0.5) is 4.79 Å². The molecule has 0 aliphatic carbocycles. The van der Waals surface area contributed by atoms with Crippen molar-refractivity contribution < 1.29 is 29.0 Å². The van der Waals surface area contributed by atoms with Crippen LogP contribution >= 0.6 is 11.3 Å². The van der Waals surface area contributed by atoms with Gasteiger partial charge in [-0.3, -0.25) is 9.59 Å². The number of ether oxygens (including phenoxy) is 2. The van der Waals surface area contributed by atoms with Crippen molar-refractivity contribution in [1.82, 2.24) is 15.2 Å². The summed E-state index contributed by atoms with van der Waals surface area (Å²) in [5, 5.41) is 14.8. The Bertz CT molecular complexity index is 1190. The molecular formula is C32H47N3O6S. The number of benzene rings is 1. The van der Waals surface area contributed by atoms with Crippen LogP contribution in [0.1, 0.15) is 88.5 Å². The van der Waals surface area contributed by atoms with Crippen molar-refractivity contribution in [3.8, 4) is 0 Å². The van der Waals surface area contributed by atoms with Crippen molar-refractivity contribution in [3.05, 3.63) is 64.1 Å². The number of carboxylic acid groups (broad SMARTS) is 1. The van der Waals surface area contributed by atoms with Crippen LogP contribution in [0.25, 0.3) is 0 Å². The van der Waals surface area contributed by atoms with Gasteiger partial charge in [0.2, 0.25) is 0 Å². The summed E-state index contributed by atoms with van der Waals surface area (Å²) in [6.45, 7) is 17.3. The Labute approximate surface area is 254 Å². The van der Waals surface area contributed by atoms with E-state index in [4.69, 9.17) is 9.47 Å². The fourth-order valence-electron chi connectivity index (χ4n) is 4.47. The largest absolute Gasteiger partial charge is 0.481 e. The molecule has 9 nitrogen and oxygen atoms in total. The third kappa shape index (κ3) is 11.6. The van der Waals surface area contributed by atoms with E-state index < -0.39 is 29.7 Å². The Balaban J connectivity index is 2.27. The second-order valence-corrected chi connectivity index (χ2v) is 13.2. The molecule has 2 N–H and O–H groups in total. The van der Waals surface area contributed by atoms with Crippen molar-refractivity contribution in [3.63, 3.8) is 0 Å². The second-order valence-electron chi connectivity index (χ2n) is 12.3. The average Bonchev–Trinajstić information content (AvgIpc) is 3.38. The lowest BCUT2D eigenvalue weighted by Gasteiger charge is -2.34. The molecule has 1 aromatic heterocycles. The van der Waals surface area contributed by atoms with Crippen molar-refractivity contribution in [2.45, 2.75) is 91.5 Å². The van der Waals surface area contributed by atoms with Gasteiger partial charge in [-0.15, -0.1) is 11.3 Å². The molecule has 10 heteroatoms. The third-order valence-corrected chi connectivity index (χ3v) is 7.62.